The molecule has 0 unspecified atom stereocenters. The van der Waals surface area contributed by atoms with Crippen molar-refractivity contribution in [3.05, 3.63) is 174 Å². The fourth-order valence-electron chi connectivity index (χ4n) is 9.39. The predicted octanol–water partition coefficient (Wildman–Crippen LogP) is 14.4. The molecule has 11 rings (SSSR count). The van der Waals surface area contributed by atoms with Crippen molar-refractivity contribution in [1.29, 1.82) is 5.26 Å². The van der Waals surface area contributed by atoms with Crippen molar-refractivity contribution in [1.82, 2.24) is 0 Å². The Hall–Kier alpha value is -7.26. The maximum Gasteiger partial charge on any atom is 0.187 e. The first-order valence-electron chi connectivity index (χ1n) is 17.9. The smallest absolute Gasteiger partial charge is 0.187 e. The van der Waals surface area contributed by atoms with Crippen molar-refractivity contribution in [3.63, 3.8) is 0 Å². The van der Waals surface area contributed by atoms with Gasteiger partial charge in [-0.1, -0.05) is 127 Å². The van der Waals surface area contributed by atoms with Crippen molar-refractivity contribution in [3.8, 4) is 39.4 Å². The van der Waals surface area contributed by atoms with Crippen LogP contribution in [-0.2, 0) is 0 Å². The third-order valence-corrected chi connectivity index (χ3v) is 11.5. The zero-order chi connectivity index (χ0) is 35.4. The van der Waals surface area contributed by atoms with Crippen LogP contribution in [0.4, 0.5) is 5.69 Å². The van der Waals surface area contributed by atoms with Gasteiger partial charge in [0.25, 0.3) is 0 Å². The van der Waals surface area contributed by atoms with Crippen molar-refractivity contribution >= 4 is 81.1 Å². The van der Waals surface area contributed by atoms with E-state index in [2.05, 4.69) is 133 Å². The number of rotatable bonds is 3. The number of fused-ring (bicyclic) bond motifs is 8. The van der Waals surface area contributed by atoms with Crippen molar-refractivity contribution in [2.75, 3.05) is 0 Å². The molecular weight excluding hydrogens is 641 g/mol. The van der Waals surface area contributed by atoms with E-state index in [0.717, 1.165) is 27.6 Å². The number of nitriles is 1. The summed E-state index contributed by atoms with van der Waals surface area (Å²) >= 11 is 0. The van der Waals surface area contributed by atoms with Gasteiger partial charge in [0.2, 0.25) is 0 Å². The third kappa shape index (κ3) is 3.96. The van der Waals surface area contributed by atoms with Gasteiger partial charge in [-0.3, -0.25) is 0 Å². The number of nitrogens with zero attached hydrogens (tertiary/aromatic N) is 2. The minimum Gasteiger partial charge on any atom is -0.238 e. The summed E-state index contributed by atoms with van der Waals surface area (Å²) in [6.07, 6.45) is 0. The molecule has 2 heteroatoms. The molecule has 0 saturated heterocycles. The molecule has 0 aromatic heterocycles. The van der Waals surface area contributed by atoms with Crippen LogP contribution in [0.1, 0.15) is 11.1 Å². The maximum atomic E-state index is 10.2. The van der Waals surface area contributed by atoms with E-state index in [-0.39, 0.29) is 0 Å². The monoisotopic (exact) mass is 668 g/mol. The Labute approximate surface area is 305 Å². The first-order valence-corrected chi connectivity index (χ1v) is 17.9. The van der Waals surface area contributed by atoms with Crippen LogP contribution in [-0.4, -0.2) is 0 Å². The van der Waals surface area contributed by atoms with Gasteiger partial charge in [0.15, 0.2) is 5.69 Å². The summed E-state index contributed by atoms with van der Waals surface area (Å²) in [5.41, 5.74) is 9.25. The lowest BCUT2D eigenvalue weighted by molar-refractivity contribution is 1.47. The maximum absolute atomic E-state index is 10.2. The highest BCUT2D eigenvalue weighted by Crippen LogP contribution is 2.55. The van der Waals surface area contributed by atoms with E-state index in [1.807, 2.05) is 36.4 Å². The Morgan fingerprint density at radius 1 is 0.434 bits per heavy atom. The van der Waals surface area contributed by atoms with E-state index in [0.29, 0.717) is 11.3 Å². The molecule has 0 aliphatic heterocycles. The van der Waals surface area contributed by atoms with Gasteiger partial charge in [0.05, 0.1) is 18.2 Å². The second-order valence-electron chi connectivity index (χ2n) is 14.2. The first kappa shape index (κ1) is 29.5. The molecule has 0 spiro atoms. The SMILES string of the molecule is [C-]#[N+]c1cccc(-c2c3cc4c5ccccc5c5cccc(c3c(-c3cccc(C#N)c3)c3c6ccc(-c7ccccc7C)c7cccc(c23)c76)c54)c1. The summed E-state index contributed by atoms with van der Waals surface area (Å²) in [4.78, 5) is 3.89. The predicted molar refractivity (Wildman–Crippen MR) is 223 cm³/mol. The van der Waals surface area contributed by atoms with Crippen LogP contribution >= 0.6 is 0 Å². The van der Waals surface area contributed by atoms with Gasteiger partial charge in [0.1, 0.15) is 0 Å². The van der Waals surface area contributed by atoms with Gasteiger partial charge in [-0.25, -0.2) is 4.85 Å². The fourth-order valence-corrected chi connectivity index (χ4v) is 9.39. The summed E-state index contributed by atoms with van der Waals surface area (Å²) in [7, 11) is 0. The highest BCUT2D eigenvalue weighted by Gasteiger charge is 2.27. The largest absolute Gasteiger partial charge is 0.238 e. The molecule has 11 aromatic carbocycles. The lowest BCUT2D eigenvalue weighted by Crippen LogP contribution is -1.92. The number of hydrogen-bond acceptors (Lipinski definition) is 1. The standard InChI is InChI=1S/C51H28N2/c1-29-11-3-4-16-34(29)37-23-24-42-47-39(37)20-10-22-41(47)50-45(32-14-8-15-33(26-32)53-2)44-27-43-36-18-6-5-17-35(36)38-19-9-21-40(48(38)43)49(44)46(51(42)50)31-13-7-12-30(25-31)28-52/h3-27H,1H3. The number of aryl methyl sites for hydroxylation is 1. The number of benzene rings is 9. The summed E-state index contributed by atoms with van der Waals surface area (Å²) in [6.45, 7) is 10.2. The average molecular weight is 669 g/mol. The van der Waals surface area contributed by atoms with Crippen LogP contribution in [0.5, 0.6) is 0 Å². The summed E-state index contributed by atoms with van der Waals surface area (Å²) in [6, 6.07) is 56.5. The first-order chi connectivity index (χ1) is 26.1. The third-order valence-electron chi connectivity index (χ3n) is 11.5. The number of hydrogen-bond donors (Lipinski definition) is 0. The molecule has 0 fully saturated rings. The van der Waals surface area contributed by atoms with Gasteiger partial charge in [0, 0.05) is 0 Å². The van der Waals surface area contributed by atoms with E-state index in [1.54, 1.807) is 0 Å². The van der Waals surface area contributed by atoms with Gasteiger partial charge < -0.3 is 0 Å². The van der Waals surface area contributed by atoms with E-state index in [9.17, 15) is 5.26 Å². The molecule has 242 valence electrons. The van der Waals surface area contributed by atoms with E-state index >= 15 is 0 Å². The molecule has 0 aliphatic rings. The van der Waals surface area contributed by atoms with Crippen molar-refractivity contribution < 1.29 is 0 Å². The van der Waals surface area contributed by atoms with Crippen LogP contribution in [0.25, 0.3) is 114 Å². The molecule has 0 aliphatic carbocycles. The van der Waals surface area contributed by atoms with Gasteiger partial charge in [-0.15, -0.1) is 0 Å². The molecule has 0 saturated carbocycles. The van der Waals surface area contributed by atoms with Gasteiger partial charge in [-0.2, -0.15) is 5.26 Å². The lowest BCUT2D eigenvalue weighted by Gasteiger charge is -2.19. The van der Waals surface area contributed by atoms with Crippen LogP contribution in [0.2, 0.25) is 0 Å². The Morgan fingerprint density at radius 2 is 1.04 bits per heavy atom. The minimum absolute atomic E-state index is 0.615. The topological polar surface area (TPSA) is 28.1 Å². The molecule has 0 N–H and O–H groups in total. The zero-order valence-corrected chi connectivity index (χ0v) is 28.8. The van der Waals surface area contributed by atoms with Crippen LogP contribution in [0, 0.1) is 24.8 Å². The minimum atomic E-state index is 0.615. The van der Waals surface area contributed by atoms with Crippen LogP contribution in [0.3, 0.4) is 0 Å². The summed E-state index contributed by atoms with van der Waals surface area (Å²) < 4.78 is 0. The summed E-state index contributed by atoms with van der Waals surface area (Å²) in [5, 5.41) is 27.1. The van der Waals surface area contributed by atoms with Crippen LogP contribution < -0.4 is 0 Å². The Kier molecular flexibility index (Phi) is 6.04. The molecule has 0 atom stereocenters. The Morgan fingerprint density at radius 3 is 1.83 bits per heavy atom. The molecule has 0 bridgehead atoms. The van der Waals surface area contributed by atoms with E-state index in [4.69, 9.17) is 6.57 Å². The molecular formula is C51H28N2. The lowest BCUT2D eigenvalue weighted by atomic mass is 9.83. The molecule has 11 aromatic rings. The second kappa shape index (κ2) is 10.9. The van der Waals surface area contributed by atoms with E-state index < -0.39 is 0 Å². The normalized spacial score (nSPS) is 11.8. The molecule has 2 nitrogen and oxygen atoms in total. The van der Waals surface area contributed by atoms with Crippen LogP contribution in [0.15, 0.2) is 152 Å². The zero-order valence-electron chi connectivity index (χ0n) is 28.8. The molecule has 0 heterocycles. The van der Waals surface area contributed by atoms with Crippen molar-refractivity contribution in [2.45, 2.75) is 6.92 Å². The van der Waals surface area contributed by atoms with Gasteiger partial charge >= 0.3 is 0 Å². The Balaban J connectivity index is 1.47. The highest BCUT2D eigenvalue weighted by molar-refractivity contribution is 6.45. The van der Waals surface area contributed by atoms with Gasteiger partial charge in [-0.05, 0) is 146 Å². The fraction of sp³-hybridized carbons (Fsp3) is 0.0196. The second-order valence-corrected chi connectivity index (χ2v) is 14.2. The average Bonchev–Trinajstić information content (AvgIpc) is 3.72. The quantitative estimate of drug-likeness (QED) is 0.136. The molecule has 0 amide bonds. The Bertz CT molecular complexity index is 3430. The highest BCUT2D eigenvalue weighted by atomic mass is 14.6. The van der Waals surface area contributed by atoms with Crippen molar-refractivity contribution in [2.24, 2.45) is 0 Å². The summed E-state index contributed by atoms with van der Waals surface area (Å²) in [5.74, 6) is 0. The molecule has 53 heavy (non-hydrogen) atoms. The van der Waals surface area contributed by atoms with E-state index in [1.165, 1.54) is 86.7 Å². The molecule has 0 radical (unpaired) electrons.